The van der Waals surface area contributed by atoms with Crippen LogP contribution in [0.2, 0.25) is 0 Å². The van der Waals surface area contributed by atoms with Gasteiger partial charge in [-0.05, 0) is 12.8 Å². The summed E-state index contributed by atoms with van der Waals surface area (Å²) in [4.78, 5) is 11.5. The third-order valence-corrected chi connectivity index (χ3v) is 2.65. The quantitative estimate of drug-likeness (QED) is 0.561. The number of methoxy groups -OCH3 is 1. The minimum atomic E-state index is -0.844. The van der Waals surface area contributed by atoms with E-state index in [4.69, 9.17) is 9.47 Å². The van der Waals surface area contributed by atoms with Crippen molar-refractivity contribution in [3.8, 4) is 0 Å². The zero-order valence-corrected chi connectivity index (χ0v) is 6.63. The van der Waals surface area contributed by atoms with Gasteiger partial charge in [0, 0.05) is 19.4 Å². The maximum absolute atomic E-state index is 11.5. The Kier molecular flexibility index (Phi) is 1.51. The lowest BCUT2D eigenvalue weighted by Gasteiger charge is -2.27. The van der Waals surface area contributed by atoms with Gasteiger partial charge in [-0.25, -0.2) is 0 Å². The van der Waals surface area contributed by atoms with Crippen LogP contribution in [0.3, 0.4) is 0 Å². The summed E-state index contributed by atoms with van der Waals surface area (Å²) in [6.07, 6.45) is 2.76. The Hall–Kier alpha value is -0.410. The van der Waals surface area contributed by atoms with Gasteiger partial charge >= 0.3 is 0 Å². The fourth-order valence-corrected chi connectivity index (χ4v) is 1.95. The first-order valence-corrected chi connectivity index (χ1v) is 4.02. The number of hydrogen-bond acceptors (Lipinski definition) is 3. The van der Waals surface area contributed by atoms with Gasteiger partial charge in [0.25, 0.3) is 0 Å². The van der Waals surface area contributed by atoms with Crippen LogP contribution in [0, 0.1) is 5.92 Å². The molecule has 0 N–H and O–H groups in total. The Morgan fingerprint density at radius 2 is 2.55 bits per heavy atom. The topological polar surface area (TPSA) is 35.5 Å². The molecule has 2 atom stereocenters. The van der Waals surface area contributed by atoms with Gasteiger partial charge in [-0.15, -0.1) is 0 Å². The second kappa shape index (κ2) is 2.29. The van der Waals surface area contributed by atoms with Crippen molar-refractivity contribution in [1.82, 2.24) is 0 Å². The number of carbonyl (C=O) groups excluding carboxylic acids is 1. The van der Waals surface area contributed by atoms with Crippen molar-refractivity contribution in [2.24, 2.45) is 5.92 Å². The molecule has 1 aliphatic carbocycles. The minimum Gasteiger partial charge on any atom is -0.347 e. The lowest BCUT2D eigenvalue weighted by atomic mass is 9.87. The maximum atomic E-state index is 11.5. The molecule has 0 aromatic rings. The first kappa shape index (κ1) is 7.25. The van der Waals surface area contributed by atoms with E-state index in [0.717, 1.165) is 19.3 Å². The van der Waals surface area contributed by atoms with E-state index in [-0.39, 0.29) is 11.7 Å². The highest BCUT2D eigenvalue weighted by Crippen LogP contribution is 2.38. The van der Waals surface area contributed by atoms with Crippen LogP contribution < -0.4 is 0 Å². The molecule has 3 heteroatoms. The first-order chi connectivity index (χ1) is 5.28. The SMILES string of the molecule is CO[C@]12CCC[C@H](CO1)C2=O. The summed E-state index contributed by atoms with van der Waals surface area (Å²) in [5, 5.41) is 0. The number of ether oxygens (including phenoxy) is 2. The van der Waals surface area contributed by atoms with Crippen molar-refractivity contribution in [1.29, 1.82) is 0 Å². The summed E-state index contributed by atoms with van der Waals surface area (Å²) in [5.41, 5.74) is 0. The molecular weight excluding hydrogens is 144 g/mol. The normalized spacial score (nSPS) is 43.0. The van der Waals surface area contributed by atoms with E-state index in [1.165, 1.54) is 0 Å². The summed E-state index contributed by atoms with van der Waals surface area (Å²) >= 11 is 0. The summed E-state index contributed by atoms with van der Waals surface area (Å²) in [7, 11) is 1.55. The van der Waals surface area contributed by atoms with E-state index >= 15 is 0 Å². The van der Waals surface area contributed by atoms with Crippen LogP contribution in [0.15, 0.2) is 0 Å². The predicted molar refractivity (Wildman–Crippen MR) is 38.0 cm³/mol. The number of hydrogen-bond donors (Lipinski definition) is 0. The van der Waals surface area contributed by atoms with Crippen LogP contribution in [0.1, 0.15) is 19.3 Å². The van der Waals surface area contributed by atoms with Crippen LogP contribution in [0.25, 0.3) is 0 Å². The van der Waals surface area contributed by atoms with Crippen molar-refractivity contribution >= 4 is 5.78 Å². The molecule has 0 unspecified atom stereocenters. The molecule has 0 amide bonds. The van der Waals surface area contributed by atoms with Crippen LogP contribution in [0.4, 0.5) is 0 Å². The van der Waals surface area contributed by atoms with Crippen LogP contribution in [0.5, 0.6) is 0 Å². The van der Waals surface area contributed by atoms with Crippen molar-refractivity contribution in [2.75, 3.05) is 13.7 Å². The molecule has 2 aliphatic rings. The van der Waals surface area contributed by atoms with Gasteiger partial charge in [-0.3, -0.25) is 4.79 Å². The smallest absolute Gasteiger partial charge is 0.229 e. The van der Waals surface area contributed by atoms with Crippen molar-refractivity contribution in [2.45, 2.75) is 25.0 Å². The van der Waals surface area contributed by atoms with Gasteiger partial charge in [-0.1, -0.05) is 0 Å². The molecule has 62 valence electrons. The predicted octanol–water partition coefficient (Wildman–Crippen LogP) is 0.728. The third-order valence-electron chi connectivity index (χ3n) is 2.65. The summed E-state index contributed by atoms with van der Waals surface area (Å²) in [5.74, 6) is -0.571. The van der Waals surface area contributed by atoms with Gasteiger partial charge in [0.2, 0.25) is 5.79 Å². The molecule has 0 radical (unpaired) electrons. The third kappa shape index (κ3) is 0.844. The molecule has 1 saturated carbocycles. The Bertz CT molecular complexity index is 186. The lowest BCUT2D eigenvalue weighted by Crippen LogP contribution is -2.41. The number of ketones is 1. The molecule has 0 spiro atoms. The molecule has 2 fully saturated rings. The average Bonchev–Trinajstić information content (AvgIpc) is 2.25. The fraction of sp³-hybridized carbons (Fsp3) is 0.875. The van der Waals surface area contributed by atoms with Crippen molar-refractivity contribution in [3.63, 3.8) is 0 Å². The number of carbonyl (C=O) groups is 1. The molecule has 1 aliphatic heterocycles. The molecule has 1 saturated heterocycles. The Labute approximate surface area is 65.7 Å². The largest absolute Gasteiger partial charge is 0.347 e. The molecule has 1 heterocycles. The van der Waals surface area contributed by atoms with Gasteiger partial charge in [-0.2, -0.15) is 0 Å². The van der Waals surface area contributed by atoms with Gasteiger partial charge in [0.1, 0.15) is 0 Å². The van der Waals surface area contributed by atoms with Crippen LogP contribution in [-0.2, 0) is 14.3 Å². The second-order valence-corrected chi connectivity index (χ2v) is 3.22. The van der Waals surface area contributed by atoms with Crippen molar-refractivity contribution < 1.29 is 14.3 Å². The zero-order valence-electron chi connectivity index (χ0n) is 6.63. The van der Waals surface area contributed by atoms with E-state index in [9.17, 15) is 4.79 Å². The van der Waals surface area contributed by atoms with Crippen LogP contribution in [-0.4, -0.2) is 25.3 Å². The Balaban J connectivity index is 2.26. The minimum absolute atomic E-state index is 0.115. The summed E-state index contributed by atoms with van der Waals surface area (Å²) < 4.78 is 10.5. The molecule has 2 bridgehead atoms. The summed E-state index contributed by atoms with van der Waals surface area (Å²) in [6, 6.07) is 0. The average molecular weight is 156 g/mol. The number of fused-ring (bicyclic) bond motifs is 2. The highest BCUT2D eigenvalue weighted by atomic mass is 16.7. The molecule has 11 heavy (non-hydrogen) atoms. The van der Waals surface area contributed by atoms with Crippen LogP contribution >= 0.6 is 0 Å². The van der Waals surface area contributed by atoms with E-state index in [2.05, 4.69) is 0 Å². The Morgan fingerprint density at radius 3 is 3.18 bits per heavy atom. The van der Waals surface area contributed by atoms with Gasteiger partial charge < -0.3 is 9.47 Å². The van der Waals surface area contributed by atoms with E-state index in [1.807, 2.05) is 0 Å². The highest BCUT2D eigenvalue weighted by molar-refractivity contribution is 5.90. The monoisotopic (exact) mass is 156 g/mol. The van der Waals surface area contributed by atoms with E-state index in [0.29, 0.717) is 6.61 Å². The highest BCUT2D eigenvalue weighted by Gasteiger charge is 2.52. The standard InChI is InChI=1S/C8H12O3/c1-10-8-4-2-3-6(5-11-8)7(8)9/h6H,2-5H2,1H3/t6-,8-/m1/s1. The maximum Gasteiger partial charge on any atom is 0.229 e. The zero-order chi connectivity index (χ0) is 7.90. The number of rotatable bonds is 1. The van der Waals surface area contributed by atoms with Crippen molar-refractivity contribution in [3.05, 3.63) is 0 Å². The molecule has 0 aromatic heterocycles. The van der Waals surface area contributed by atoms with Gasteiger partial charge in [0.05, 0.1) is 6.61 Å². The fourth-order valence-electron chi connectivity index (χ4n) is 1.95. The lowest BCUT2D eigenvalue weighted by molar-refractivity contribution is -0.199. The van der Waals surface area contributed by atoms with E-state index < -0.39 is 5.79 Å². The number of Topliss-reactive ketones (excluding diaryl/α,β-unsaturated/α-hetero) is 1. The summed E-state index contributed by atoms with van der Waals surface area (Å²) in [6.45, 7) is 0.562. The van der Waals surface area contributed by atoms with E-state index in [1.54, 1.807) is 7.11 Å². The Morgan fingerprint density at radius 1 is 1.73 bits per heavy atom. The first-order valence-electron chi connectivity index (χ1n) is 4.02. The van der Waals surface area contributed by atoms with Gasteiger partial charge in [0.15, 0.2) is 5.78 Å². The second-order valence-electron chi connectivity index (χ2n) is 3.22. The molecular formula is C8H12O3. The molecule has 3 nitrogen and oxygen atoms in total. The molecule has 0 aromatic carbocycles. The molecule has 2 rings (SSSR count).